The number of hydrogen-bond acceptors (Lipinski definition) is 2. The molecule has 0 fully saturated rings. The first kappa shape index (κ1) is 11.2. The van der Waals surface area contributed by atoms with Crippen LogP contribution < -0.4 is 4.90 Å². The molecule has 4 rings (SSSR count). The fourth-order valence-electron chi connectivity index (χ4n) is 2.81. The topological polar surface area (TPSA) is 37.6 Å². The van der Waals surface area contributed by atoms with Gasteiger partial charge < -0.3 is 4.90 Å². The molecule has 0 spiro atoms. The minimum atomic E-state index is 0.0264. The van der Waals surface area contributed by atoms with E-state index in [4.69, 9.17) is 0 Å². The van der Waals surface area contributed by atoms with Crippen molar-refractivity contribution in [2.75, 3.05) is 11.4 Å². The highest BCUT2D eigenvalue weighted by atomic mass is 16.2. The Balaban J connectivity index is 1.81. The van der Waals surface area contributed by atoms with Gasteiger partial charge in [-0.05, 0) is 30.2 Å². The first-order valence-electron chi connectivity index (χ1n) is 6.66. The SMILES string of the molecule is O=C(c1cccc2nccn12)N1CCc2ccccc21. The van der Waals surface area contributed by atoms with Crippen molar-refractivity contribution in [1.29, 1.82) is 0 Å². The lowest BCUT2D eigenvalue weighted by molar-refractivity contribution is 0.0983. The number of carbonyl (C=O) groups is 1. The Labute approximate surface area is 116 Å². The molecule has 1 aliphatic heterocycles. The summed E-state index contributed by atoms with van der Waals surface area (Å²) >= 11 is 0. The van der Waals surface area contributed by atoms with Gasteiger partial charge in [0, 0.05) is 24.6 Å². The Kier molecular flexibility index (Phi) is 2.36. The summed E-state index contributed by atoms with van der Waals surface area (Å²) in [6.07, 6.45) is 4.45. The van der Waals surface area contributed by atoms with Crippen LogP contribution in [0.25, 0.3) is 5.65 Å². The third-order valence-corrected chi connectivity index (χ3v) is 3.78. The van der Waals surface area contributed by atoms with Gasteiger partial charge in [0.15, 0.2) is 0 Å². The van der Waals surface area contributed by atoms with Crippen molar-refractivity contribution in [2.24, 2.45) is 0 Å². The first-order valence-corrected chi connectivity index (χ1v) is 6.66. The maximum Gasteiger partial charge on any atom is 0.275 e. The summed E-state index contributed by atoms with van der Waals surface area (Å²) < 4.78 is 1.84. The number of hydrogen-bond donors (Lipinski definition) is 0. The average Bonchev–Trinajstić information content (AvgIpc) is 3.12. The van der Waals surface area contributed by atoms with Crippen LogP contribution in [-0.4, -0.2) is 21.8 Å². The largest absolute Gasteiger partial charge is 0.306 e. The predicted octanol–water partition coefficient (Wildman–Crippen LogP) is 2.54. The summed E-state index contributed by atoms with van der Waals surface area (Å²) in [5.74, 6) is 0.0264. The number of imidazole rings is 1. The number of rotatable bonds is 1. The number of benzene rings is 1. The molecule has 2 aromatic heterocycles. The molecule has 1 amide bonds. The molecule has 0 saturated carbocycles. The van der Waals surface area contributed by atoms with E-state index in [1.54, 1.807) is 6.20 Å². The van der Waals surface area contributed by atoms with Crippen LogP contribution in [-0.2, 0) is 6.42 Å². The summed E-state index contributed by atoms with van der Waals surface area (Å²) in [5.41, 5.74) is 3.70. The molecule has 0 aliphatic carbocycles. The van der Waals surface area contributed by atoms with E-state index >= 15 is 0 Å². The lowest BCUT2D eigenvalue weighted by Gasteiger charge is -2.18. The smallest absolute Gasteiger partial charge is 0.275 e. The lowest BCUT2D eigenvalue weighted by Crippen LogP contribution is -2.30. The van der Waals surface area contributed by atoms with E-state index in [0.29, 0.717) is 5.69 Å². The van der Waals surface area contributed by atoms with Gasteiger partial charge in [-0.1, -0.05) is 24.3 Å². The zero-order chi connectivity index (χ0) is 13.5. The van der Waals surface area contributed by atoms with E-state index in [1.807, 2.05) is 51.9 Å². The van der Waals surface area contributed by atoms with Gasteiger partial charge >= 0.3 is 0 Å². The van der Waals surface area contributed by atoms with Gasteiger partial charge in [0.1, 0.15) is 11.3 Å². The van der Waals surface area contributed by atoms with Gasteiger partial charge in [-0.25, -0.2) is 4.98 Å². The number of nitrogens with zero attached hydrogens (tertiary/aromatic N) is 3. The second-order valence-electron chi connectivity index (χ2n) is 4.90. The van der Waals surface area contributed by atoms with E-state index in [2.05, 4.69) is 11.1 Å². The Morgan fingerprint density at radius 1 is 1.10 bits per heavy atom. The van der Waals surface area contributed by atoms with Crippen molar-refractivity contribution >= 4 is 17.2 Å². The van der Waals surface area contributed by atoms with Gasteiger partial charge in [-0.3, -0.25) is 9.20 Å². The molecule has 4 heteroatoms. The molecule has 0 unspecified atom stereocenters. The molecule has 4 nitrogen and oxygen atoms in total. The number of para-hydroxylation sites is 1. The molecule has 1 aromatic carbocycles. The molecule has 0 radical (unpaired) electrons. The molecule has 1 aliphatic rings. The molecule has 0 N–H and O–H groups in total. The molecule has 0 bridgehead atoms. The Morgan fingerprint density at radius 3 is 2.95 bits per heavy atom. The molecule has 98 valence electrons. The van der Waals surface area contributed by atoms with E-state index < -0.39 is 0 Å². The standard InChI is InChI=1S/C16H13N3O/c20-16(14-6-3-7-15-17-9-11-18(14)15)19-10-8-12-4-1-2-5-13(12)19/h1-7,9,11H,8,10H2. The number of carbonyl (C=O) groups excluding carboxylic acids is 1. The number of amides is 1. The molecular weight excluding hydrogens is 250 g/mol. The third-order valence-electron chi connectivity index (χ3n) is 3.78. The van der Waals surface area contributed by atoms with E-state index in [9.17, 15) is 4.79 Å². The van der Waals surface area contributed by atoms with Crippen molar-refractivity contribution in [3.05, 3.63) is 66.1 Å². The maximum absolute atomic E-state index is 12.8. The fourth-order valence-corrected chi connectivity index (χ4v) is 2.81. The van der Waals surface area contributed by atoms with E-state index in [1.165, 1.54) is 5.56 Å². The first-order chi connectivity index (χ1) is 9.84. The fraction of sp³-hybridized carbons (Fsp3) is 0.125. The zero-order valence-corrected chi connectivity index (χ0v) is 10.9. The minimum absolute atomic E-state index is 0.0264. The second-order valence-corrected chi connectivity index (χ2v) is 4.90. The van der Waals surface area contributed by atoms with Gasteiger partial charge in [0.05, 0.1) is 0 Å². The normalized spacial score (nSPS) is 13.7. The number of anilines is 1. The van der Waals surface area contributed by atoms with Crippen molar-refractivity contribution in [3.8, 4) is 0 Å². The molecule has 3 aromatic rings. The van der Waals surface area contributed by atoms with Crippen LogP contribution >= 0.6 is 0 Å². The van der Waals surface area contributed by atoms with Crippen LogP contribution in [0.4, 0.5) is 5.69 Å². The van der Waals surface area contributed by atoms with E-state index in [0.717, 1.165) is 24.3 Å². The summed E-state index contributed by atoms with van der Waals surface area (Å²) in [5, 5.41) is 0. The van der Waals surface area contributed by atoms with Crippen LogP contribution in [0.3, 0.4) is 0 Å². The summed E-state index contributed by atoms with van der Waals surface area (Å²) in [6.45, 7) is 0.739. The molecule has 3 heterocycles. The van der Waals surface area contributed by atoms with Gasteiger partial charge in [-0.15, -0.1) is 0 Å². The molecule has 20 heavy (non-hydrogen) atoms. The summed E-state index contributed by atoms with van der Waals surface area (Å²) in [4.78, 5) is 18.9. The minimum Gasteiger partial charge on any atom is -0.306 e. The summed E-state index contributed by atoms with van der Waals surface area (Å²) in [7, 11) is 0. The molecule has 0 atom stereocenters. The van der Waals surface area contributed by atoms with E-state index in [-0.39, 0.29) is 5.91 Å². The Bertz CT molecular complexity index is 806. The highest BCUT2D eigenvalue weighted by Gasteiger charge is 2.26. The van der Waals surface area contributed by atoms with Crippen LogP contribution in [0.1, 0.15) is 16.1 Å². The van der Waals surface area contributed by atoms with Crippen LogP contribution in [0.2, 0.25) is 0 Å². The van der Waals surface area contributed by atoms with Gasteiger partial charge in [-0.2, -0.15) is 0 Å². The highest BCUT2D eigenvalue weighted by molar-refractivity contribution is 6.06. The lowest BCUT2D eigenvalue weighted by atomic mass is 10.2. The van der Waals surface area contributed by atoms with Gasteiger partial charge in [0.2, 0.25) is 0 Å². The number of fused-ring (bicyclic) bond motifs is 2. The number of aromatic nitrogens is 2. The van der Waals surface area contributed by atoms with Crippen molar-refractivity contribution in [2.45, 2.75) is 6.42 Å². The quantitative estimate of drug-likeness (QED) is 0.676. The predicted molar refractivity (Wildman–Crippen MR) is 77.0 cm³/mol. The third kappa shape index (κ3) is 1.54. The van der Waals surface area contributed by atoms with Gasteiger partial charge in [0.25, 0.3) is 5.91 Å². The van der Waals surface area contributed by atoms with Crippen molar-refractivity contribution < 1.29 is 4.79 Å². The number of pyridine rings is 1. The maximum atomic E-state index is 12.8. The van der Waals surface area contributed by atoms with Crippen LogP contribution in [0, 0.1) is 0 Å². The monoisotopic (exact) mass is 263 g/mol. The van der Waals surface area contributed by atoms with Crippen molar-refractivity contribution in [3.63, 3.8) is 0 Å². The molecule has 0 saturated heterocycles. The summed E-state index contributed by atoms with van der Waals surface area (Å²) in [6, 6.07) is 13.7. The Morgan fingerprint density at radius 2 is 2.00 bits per heavy atom. The van der Waals surface area contributed by atoms with Crippen LogP contribution in [0.5, 0.6) is 0 Å². The zero-order valence-electron chi connectivity index (χ0n) is 10.9. The van der Waals surface area contributed by atoms with Crippen molar-refractivity contribution in [1.82, 2.24) is 9.38 Å². The average molecular weight is 263 g/mol. The second kappa shape index (κ2) is 4.20. The molecular formula is C16H13N3O. The Hall–Kier alpha value is -2.62. The van der Waals surface area contributed by atoms with Crippen LogP contribution in [0.15, 0.2) is 54.9 Å². The highest BCUT2D eigenvalue weighted by Crippen LogP contribution is 2.28.